The standard InChI is InChI=1S/C20H27N5O3/c1-2-28-20(27)24-14-9-17(10-15-24)23-19(26)21-12-8-16-4-6-18(7-5-16)25-13-3-11-22-25/h3-7,11,13,17H,2,8-10,12,14-15H2,1H3,(H2,21,23,26). The van der Waals surface area contributed by atoms with Gasteiger partial charge in [0.05, 0.1) is 12.3 Å². The highest BCUT2D eigenvalue weighted by Gasteiger charge is 2.24. The summed E-state index contributed by atoms with van der Waals surface area (Å²) >= 11 is 0. The fourth-order valence-corrected chi connectivity index (χ4v) is 3.21. The van der Waals surface area contributed by atoms with E-state index in [2.05, 4.69) is 15.7 Å². The summed E-state index contributed by atoms with van der Waals surface area (Å²) in [5, 5.41) is 10.1. The molecule has 0 radical (unpaired) electrons. The first-order valence-electron chi connectivity index (χ1n) is 9.70. The number of carbonyl (C=O) groups excluding carboxylic acids is 2. The van der Waals surface area contributed by atoms with E-state index in [0.717, 1.165) is 30.5 Å². The van der Waals surface area contributed by atoms with Gasteiger partial charge in [-0.25, -0.2) is 14.3 Å². The number of nitrogens with zero attached hydrogens (tertiary/aromatic N) is 3. The van der Waals surface area contributed by atoms with E-state index in [-0.39, 0.29) is 18.2 Å². The van der Waals surface area contributed by atoms with Crippen LogP contribution in [0, 0.1) is 0 Å². The zero-order valence-electron chi connectivity index (χ0n) is 16.1. The van der Waals surface area contributed by atoms with Crippen molar-refractivity contribution in [2.45, 2.75) is 32.2 Å². The normalized spacial score (nSPS) is 14.5. The van der Waals surface area contributed by atoms with Crippen LogP contribution in [0.15, 0.2) is 42.7 Å². The third kappa shape index (κ3) is 5.48. The molecule has 3 rings (SSSR count). The Hall–Kier alpha value is -3.03. The molecule has 0 saturated carbocycles. The molecule has 8 heteroatoms. The van der Waals surface area contributed by atoms with Crippen LogP contribution in [0.1, 0.15) is 25.3 Å². The Morgan fingerprint density at radius 3 is 2.61 bits per heavy atom. The Kier molecular flexibility index (Phi) is 6.89. The van der Waals surface area contributed by atoms with Crippen LogP contribution < -0.4 is 10.6 Å². The number of hydrogen-bond acceptors (Lipinski definition) is 4. The van der Waals surface area contributed by atoms with E-state index in [9.17, 15) is 9.59 Å². The number of aromatic nitrogens is 2. The highest BCUT2D eigenvalue weighted by atomic mass is 16.6. The number of piperidine rings is 1. The van der Waals surface area contributed by atoms with Gasteiger partial charge in [0.2, 0.25) is 0 Å². The van der Waals surface area contributed by atoms with Crippen LogP contribution in [-0.4, -0.2) is 59.1 Å². The Bertz CT molecular complexity index is 753. The van der Waals surface area contributed by atoms with Gasteiger partial charge in [0.25, 0.3) is 0 Å². The first-order valence-corrected chi connectivity index (χ1v) is 9.70. The molecule has 0 bridgehead atoms. The second kappa shape index (κ2) is 9.77. The quantitative estimate of drug-likeness (QED) is 0.799. The third-order valence-corrected chi connectivity index (χ3v) is 4.76. The summed E-state index contributed by atoms with van der Waals surface area (Å²) in [5.74, 6) is 0. The van der Waals surface area contributed by atoms with E-state index in [1.54, 1.807) is 18.0 Å². The van der Waals surface area contributed by atoms with E-state index in [1.807, 2.05) is 41.2 Å². The molecule has 0 aliphatic carbocycles. The molecule has 1 aliphatic rings. The van der Waals surface area contributed by atoms with Gasteiger partial charge in [0.1, 0.15) is 0 Å². The minimum atomic E-state index is -0.274. The molecule has 2 aromatic rings. The third-order valence-electron chi connectivity index (χ3n) is 4.76. The summed E-state index contributed by atoms with van der Waals surface area (Å²) in [6.45, 7) is 3.95. The average Bonchev–Trinajstić information content (AvgIpc) is 3.24. The summed E-state index contributed by atoms with van der Waals surface area (Å²) in [5.41, 5.74) is 2.16. The Labute approximate surface area is 164 Å². The van der Waals surface area contributed by atoms with Gasteiger partial charge in [0.15, 0.2) is 0 Å². The SMILES string of the molecule is CCOC(=O)N1CCC(NC(=O)NCCc2ccc(-n3cccn3)cc2)CC1. The van der Waals surface area contributed by atoms with Crippen molar-refractivity contribution in [3.63, 3.8) is 0 Å². The Balaban J connectivity index is 1.34. The van der Waals surface area contributed by atoms with Crippen molar-refractivity contribution in [2.75, 3.05) is 26.2 Å². The second-order valence-corrected chi connectivity index (χ2v) is 6.73. The van der Waals surface area contributed by atoms with Crippen molar-refractivity contribution in [1.29, 1.82) is 0 Å². The summed E-state index contributed by atoms with van der Waals surface area (Å²) in [7, 11) is 0. The van der Waals surface area contributed by atoms with Gasteiger partial charge in [-0.1, -0.05) is 12.1 Å². The van der Waals surface area contributed by atoms with Crippen LogP contribution in [0.4, 0.5) is 9.59 Å². The lowest BCUT2D eigenvalue weighted by molar-refractivity contribution is 0.0957. The predicted molar refractivity (Wildman–Crippen MR) is 105 cm³/mol. The highest BCUT2D eigenvalue weighted by Crippen LogP contribution is 2.12. The number of likely N-dealkylation sites (tertiary alicyclic amines) is 1. The zero-order valence-corrected chi connectivity index (χ0v) is 16.1. The Morgan fingerprint density at radius 2 is 1.96 bits per heavy atom. The number of carbonyl (C=O) groups is 2. The minimum absolute atomic E-state index is 0.0824. The van der Waals surface area contributed by atoms with E-state index in [4.69, 9.17) is 4.74 Å². The molecular weight excluding hydrogens is 358 g/mol. The van der Waals surface area contributed by atoms with Crippen LogP contribution in [0.2, 0.25) is 0 Å². The van der Waals surface area contributed by atoms with Gasteiger partial charge in [-0.05, 0) is 49.9 Å². The highest BCUT2D eigenvalue weighted by molar-refractivity contribution is 5.74. The molecule has 150 valence electrons. The van der Waals surface area contributed by atoms with Gasteiger partial charge in [-0.3, -0.25) is 0 Å². The van der Waals surface area contributed by atoms with Crippen LogP contribution in [-0.2, 0) is 11.2 Å². The van der Waals surface area contributed by atoms with Gasteiger partial charge in [-0.2, -0.15) is 5.10 Å². The summed E-state index contributed by atoms with van der Waals surface area (Å²) in [6, 6.07) is 9.92. The van der Waals surface area contributed by atoms with Gasteiger partial charge >= 0.3 is 12.1 Å². The molecular formula is C20H27N5O3. The van der Waals surface area contributed by atoms with Crippen molar-refractivity contribution < 1.29 is 14.3 Å². The number of amides is 3. The van der Waals surface area contributed by atoms with Crippen LogP contribution in [0.25, 0.3) is 5.69 Å². The van der Waals surface area contributed by atoms with Gasteiger partial charge < -0.3 is 20.3 Å². The number of benzene rings is 1. The van der Waals surface area contributed by atoms with E-state index in [0.29, 0.717) is 26.2 Å². The molecule has 1 saturated heterocycles. The van der Waals surface area contributed by atoms with Crippen molar-refractivity contribution >= 4 is 12.1 Å². The monoisotopic (exact) mass is 385 g/mol. The molecule has 2 heterocycles. The number of urea groups is 1. The van der Waals surface area contributed by atoms with Crippen molar-refractivity contribution in [2.24, 2.45) is 0 Å². The maximum atomic E-state index is 12.1. The fraction of sp³-hybridized carbons (Fsp3) is 0.450. The molecule has 8 nitrogen and oxygen atoms in total. The maximum Gasteiger partial charge on any atom is 0.409 e. The van der Waals surface area contributed by atoms with Crippen LogP contribution in [0.5, 0.6) is 0 Å². The number of nitrogens with one attached hydrogen (secondary N) is 2. The topological polar surface area (TPSA) is 88.5 Å². The van der Waals surface area contributed by atoms with E-state index >= 15 is 0 Å². The van der Waals surface area contributed by atoms with E-state index < -0.39 is 0 Å². The van der Waals surface area contributed by atoms with Crippen molar-refractivity contribution in [1.82, 2.24) is 25.3 Å². The minimum Gasteiger partial charge on any atom is -0.450 e. The molecule has 0 atom stereocenters. The summed E-state index contributed by atoms with van der Waals surface area (Å²) in [6.07, 6.45) is 5.61. The lowest BCUT2D eigenvalue weighted by Crippen LogP contribution is -2.49. The number of hydrogen-bond donors (Lipinski definition) is 2. The average molecular weight is 385 g/mol. The molecule has 1 aliphatic heterocycles. The molecule has 1 aromatic heterocycles. The predicted octanol–water partition coefficient (Wildman–Crippen LogP) is 2.33. The van der Waals surface area contributed by atoms with Gasteiger partial charge in [-0.15, -0.1) is 0 Å². The van der Waals surface area contributed by atoms with Crippen molar-refractivity contribution in [3.8, 4) is 5.69 Å². The molecule has 3 amide bonds. The van der Waals surface area contributed by atoms with Crippen LogP contribution >= 0.6 is 0 Å². The number of ether oxygens (including phenoxy) is 1. The zero-order chi connectivity index (χ0) is 19.8. The molecule has 0 spiro atoms. The largest absolute Gasteiger partial charge is 0.450 e. The summed E-state index contributed by atoms with van der Waals surface area (Å²) < 4.78 is 6.81. The Morgan fingerprint density at radius 1 is 1.21 bits per heavy atom. The lowest BCUT2D eigenvalue weighted by Gasteiger charge is -2.31. The van der Waals surface area contributed by atoms with E-state index in [1.165, 1.54) is 0 Å². The molecule has 0 unspecified atom stereocenters. The van der Waals surface area contributed by atoms with Crippen molar-refractivity contribution in [3.05, 3.63) is 48.3 Å². The fourth-order valence-electron chi connectivity index (χ4n) is 3.21. The maximum absolute atomic E-state index is 12.1. The molecule has 28 heavy (non-hydrogen) atoms. The molecule has 2 N–H and O–H groups in total. The smallest absolute Gasteiger partial charge is 0.409 e. The second-order valence-electron chi connectivity index (χ2n) is 6.73. The molecule has 1 aromatic carbocycles. The van der Waals surface area contributed by atoms with Crippen LogP contribution in [0.3, 0.4) is 0 Å². The first kappa shape index (κ1) is 19.7. The lowest BCUT2D eigenvalue weighted by atomic mass is 10.1. The van der Waals surface area contributed by atoms with Gasteiger partial charge in [0, 0.05) is 38.1 Å². The number of rotatable bonds is 6. The first-order chi connectivity index (χ1) is 13.7. The summed E-state index contributed by atoms with van der Waals surface area (Å²) in [4.78, 5) is 25.5. The molecule has 1 fully saturated rings.